The molecule has 190 valence electrons. The fourth-order valence-corrected chi connectivity index (χ4v) is 4.37. The highest BCUT2D eigenvalue weighted by atomic mass is 32.2. The summed E-state index contributed by atoms with van der Waals surface area (Å²) < 4.78 is 32.0. The fraction of sp³-hybridized carbons (Fsp3) is 0.417. The Kier molecular flexibility index (Phi) is 8.23. The van der Waals surface area contributed by atoms with Gasteiger partial charge in [-0.15, -0.1) is 0 Å². The molecule has 0 spiro atoms. The van der Waals surface area contributed by atoms with E-state index >= 15 is 0 Å². The Hall–Kier alpha value is -3.31. The molecule has 0 radical (unpaired) electrons. The van der Waals surface area contributed by atoms with E-state index < -0.39 is 22.2 Å². The molecule has 0 bridgehead atoms. The Morgan fingerprint density at radius 3 is 2.54 bits per heavy atom. The number of aliphatic hydroxyl groups excluding tert-OH is 1. The van der Waals surface area contributed by atoms with E-state index in [1.165, 1.54) is 23.1 Å². The van der Waals surface area contributed by atoms with Crippen molar-refractivity contribution in [2.24, 2.45) is 5.92 Å². The number of sulfonamides is 1. The van der Waals surface area contributed by atoms with Crippen molar-refractivity contribution in [1.82, 2.24) is 9.80 Å². The van der Waals surface area contributed by atoms with Crippen molar-refractivity contribution in [2.75, 3.05) is 43.0 Å². The highest BCUT2D eigenvalue weighted by molar-refractivity contribution is 7.92. The quantitative estimate of drug-likeness (QED) is 0.531. The molecule has 11 heteroatoms. The summed E-state index contributed by atoms with van der Waals surface area (Å²) in [5, 5.41) is 12.6. The molecular formula is C24H32N4O6S. The summed E-state index contributed by atoms with van der Waals surface area (Å²) in [6.45, 7) is 3.93. The number of fused-ring (bicyclic) bond motifs is 1. The first-order valence-electron chi connectivity index (χ1n) is 11.3. The number of likely N-dealkylation sites (N-methyl/N-ethyl adjacent to an activating group) is 1. The predicted octanol–water partition coefficient (Wildman–Crippen LogP) is 2.44. The molecule has 0 fully saturated rings. The van der Waals surface area contributed by atoms with Crippen molar-refractivity contribution in [1.29, 1.82) is 0 Å². The maximum atomic E-state index is 13.4. The Balaban J connectivity index is 1.89. The second-order valence-electron chi connectivity index (χ2n) is 8.88. The second kappa shape index (κ2) is 11.0. The number of carbonyl (C=O) groups is 2. The van der Waals surface area contributed by atoms with Gasteiger partial charge in [0, 0.05) is 30.9 Å². The molecule has 3 rings (SSSR count). The average molecular weight is 505 g/mol. The predicted molar refractivity (Wildman–Crippen MR) is 134 cm³/mol. The van der Waals surface area contributed by atoms with Crippen molar-refractivity contribution < 1.29 is 27.9 Å². The van der Waals surface area contributed by atoms with Crippen LogP contribution in [0.25, 0.3) is 0 Å². The molecule has 0 aliphatic carbocycles. The van der Waals surface area contributed by atoms with Crippen LogP contribution in [0.1, 0.15) is 24.2 Å². The summed E-state index contributed by atoms with van der Waals surface area (Å²) in [6, 6.07) is 12.8. The van der Waals surface area contributed by atoms with Crippen LogP contribution >= 0.6 is 0 Å². The fourth-order valence-electron chi connectivity index (χ4n) is 3.81. The largest absolute Gasteiger partial charge is 0.487 e. The maximum Gasteiger partial charge on any atom is 0.321 e. The van der Waals surface area contributed by atoms with E-state index in [0.29, 0.717) is 5.69 Å². The molecule has 0 saturated carbocycles. The third-order valence-corrected chi connectivity index (χ3v) is 6.40. The van der Waals surface area contributed by atoms with Gasteiger partial charge in [0.1, 0.15) is 11.9 Å². The van der Waals surface area contributed by atoms with Gasteiger partial charge in [-0.3, -0.25) is 9.52 Å². The van der Waals surface area contributed by atoms with Gasteiger partial charge in [-0.1, -0.05) is 25.1 Å². The van der Waals surface area contributed by atoms with E-state index in [1.807, 2.05) is 25.1 Å². The number of benzene rings is 2. The third kappa shape index (κ3) is 6.86. The second-order valence-corrected chi connectivity index (χ2v) is 10.6. The molecule has 35 heavy (non-hydrogen) atoms. The topological polar surface area (TPSA) is 128 Å². The summed E-state index contributed by atoms with van der Waals surface area (Å²) in [6.07, 6.45) is 0.548. The van der Waals surface area contributed by atoms with Gasteiger partial charge < -0.3 is 25.0 Å². The third-order valence-electron chi connectivity index (χ3n) is 5.79. The van der Waals surface area contributed by atoms with E-state index in [4.69, 9.17) is 4.74 Å². The summed E-state index contributed by atoms with van der Waals surface area (Å²) in [5.41, 5.74) is 1.07. The van der Waals surface area contributed by atoms with Crippen LogP contribution in [0.15, 0.2) is 48.5 Å². The number of hydrogen-bond donors (Lipinski definition) is 3. The Morgan fingerprint density at radius 2 is 1.91 bits per heavy atom. The van der Waals surface area contributed by atoms with E-state index in [1.54, 1.807) is 31.0 Å². The molecular weight excluding hydrogens is 472 g/mol. The lowest BCUT2D eigenvalue weighted by atomic mass is 9.99. The van der Waals surface area contributed by atoms with E-state index in [-0.39, 0.29) is 54.6 Å². The average Bonchev–Trinajstić information content (AvgIpc) is 2.80. The van der Waals surface area contributed by atoms with Gasteiger partial charge in [0.15, 0.2) is 0 Å². The Morgan fingerprint density at radius 1 is 1.23 bits per heavy atom. The number of hydrogen-bond acceptors (Lipinski definition) is 6. The number of amides is 3. The normalized spacial score (nSPS) is 19.0. The van der Waals surface area contributed by atoms with E-state index in [0.717, 1.165) is 6.26 Å². The van der Waals surface area contributed by atoms with Crippen LogP contribution in [0, 0.1) is 5.92 Å². The zero-order valence-corrected chi connectivity index (χ0v) is 21.1. The van der Waals surface area contributed by atoms with Crippen LogP contribution in [0.2, 0.25) is 0 Å². The lowest BCUT2D eigenvalue weighted by Crippen LogP contribution is -2.50. The van der Waals surface area contributed by atoms with Gasteiger partial charge in [-0.2, -0.15) is 0 Å². The molecule has 1 aliphatic heterocycles. The summed E-state index contributed by atoms with van der Waals surface area (Å²) in [7, 11) is -1.89. The van der Waals surface area contributed by atoms with Gasteiger partial charge in [0.2, 0.25) is 10.0 Å². The summed E-state index contributed by atoms with van der Waals surface area (Å²) >= 11 is 0. The first-order chi connectivity index (χ1) is 16.5. The minimum absolute atomic E-state index is 0.173. The number of nitrogens with one attached hydrogen (secondary N) is 2. The van der Waals surface area contributed by atoms with Crippen LogP contribution in [0.4, 0.5) is 16.2 Å². The molecule has 3 N–H and O–H groups in total. The number of ether oxygens (including phenoxy) is 1. The Bertz CT molecular complexity index is 1160. The SMILES string of the molecule is C[C@H]1CN([C@@H](C)CO)C(=O)c2cc(NS(C)(=O)=O)ccc2O[C@H]1CN(C)C(=O)Nc1ccccc1. The van der Waals surface area contributed by atoms with Gasteiger partial charge in [0.25, 0.3) is 5.91 Å². The zero-order valence-electron chi connectivity index (χ0n) is 20.3. The standard InChI is InChI=1S/C24H32N4O6S/c1-16-13-28(17(2)15-29)23(30)20-12-19(26-35(4,32)33)10-11-21(20)34-22(16)14-27(3)24(31)25-18-8-6-5-7-9-18/h5-12,16-17,22,26,29H,13-15H2,1-4H3,(H,25,31)/t16-,17-,22-/m0/s1. The molecule has 2 aromatic rings. The van der Waals surface area contributed by atoms with Gasteiger partial charge in [-0.05, 0) is 37.3 Å². The first-order valence-corrected chi connectivity index (χ1v) is 13.1. The minimum atomic E-state index is -3.55. The molecule has 3 amide bonds. The van der Waals surface area contributed by atoms with Crippen molar-refractivity contribution in [3.63, 3.8) is 0 Å². The number of carbonyl (C=O) groups excluding carboxylic acids is 2. The molecule has 10 nitrogen and oxygen atoms in total. The molecule has 1 heterocycles. The maximum absolute atomic E-state index is 13.4. The number of rotatable bonds is 7. The minimum Gasteiger partial charge on any atom is -0.487 e. The number of para-hydroxylation sites is 1. The highest BCUT2D eigenvalue weighted by Crippen LogP contribution is 2.31. The van der Waals surface area contributed by atoms with Gasteiger partial charge in [0.05, 0.1) is 31.0 Å². The number of aliphatic hydroxyl groups is 1. The van der Waals surface area contributed by atoms with Crippen LogP contribution in [0.3, 0.4) is 0 Å². The molecule has 0 aromatic heterocycles. The molecule has 3 atom stereocenters. The molecule has 1 aliphatic rings. The summed E-state index contributed by atoms with van der Waals surface area (Å²) in [4.78, 5) is 29.2. The lowest BCUT2D eigenvalue weighted by molar-refractivity contribution is 0.0371. The van der Waals surface area contributed by atoms with E-state index in [2.05, 4.69) is 10.0 Å². The van der Waals surface area contributed by atoms with Crippen molar-refractivity contribution in [3.05, 3.63) is 54.1 Å². The van der Waals surface area contributed by atoms with Crippen molar-refractivity contribution in [3.8, 4) is 5.75 Å². The van der Waals surface area contributed by atoms with Gasteiger partial charge >= 0.3 is 6.03 Å². The van der Waals surface area contributed by atoms with Crippen LogP contribution in [0.5, 0.6) is 5.75 Å². The highest BCUT2D eigenvalue weighted by Gasteiger charge is 2.34. The van der Waals surface area contributed by atoms with Crippen LogP contribution < -0.4 is 14.8 Å². The first kappa shape index (κ1) is 26.3. The number of nitrogens with zero attached hydrogens (tertiary/aromatic N) is 2. The van der Waals surface area contributed by atoms with Crippen molar-refractivity contribution >= 4 is 33.3 Å². The monoisotopic (exact) mass is 504 g/mol. The summed E-state index contributed by atoms with van der Waals surface area (Å²) in [5.74, 6) is -0.279. The van der Waals surface area contributed by atoms with Crippen LogP contribution in [-0.4, -0.2) is 80.4 Å². The number of urea groups is 1. The van der Waals surface area contributed by atoms with Gasteiger partial charge in [-0.25, -0.2) is 13.2 Å². The molecule has 2 aromatic carbocycles. The lowest BCUT2D eigenvalue weighted by Gasteiger charge is -2.38. The molecule has 0 saturated heterocycles. The number of anilines is 2. The van der Waals surface area contributed by atoms with E-state index in [9.17, 15) is 23.1 Å². The smallest absolute Gasteiger partial charge is 0.321 e. The Labute approximate surface area is 205 Å². The van der Waals surface area contributed by atoms with Crippen LogP contribution in [-0.2, 0) is 10.0 Å². The van der Waals surface area contributed by atoms with Crippen molar-refractivity contribution in [2.45, 2.75) is 26.0 Å². The zero-order chi connectivity index (χ0) is 25.8. The molecule has 0 unspecified atom stereocenters.